The Bertz CT molecular complexity index is 668. The minimum atomic E-state index is -0.968. The Morgan fingerprint density at radius 1 is 1.30 bits per heavy atom. The number of halogens is 1. The van der Waals surface area contributed by atoms with Crippen molar-refractivity contribution in [2.75, 3.05) is 0 Å². The second-order valence-corrected chi connectivity index (χ2v) is 5.05. The van der Waals surface area contributed by atoms with Crippen LogP contribution in [-0.2, 0) is 4.79 Å². The van der Waals surface area contributed by atoms with Gasteiger partial charge in [0, 0.05) is 16.7 Å². The molecule has 1 heterocycles. The molecule has 0 radical (unpaired) electrons. The first-order valence-corrected chi connectivity index (χ1v) is 6.64. The number of ether oxygens (including phenoxy) is 1. The van der Waals surface area contributed by atoms with Crippen molar-refractivity contribution < 1.29 is 14.6 Å². The maximum atomic E-state index is 10.5. The van der Waals surface area contributed by atoms with Gasteiger partial charge in [0.1, 0.15) is 11.5 Å². The topological polar surface area (TPSA) is 59.4 Å². The summed E-state index contributed by atoms with van der Waals surface area (Å²) in [6, 6.07) is 7.27. The number of rotatable bonds is 4. The molecule has 1 N–H and O–H groups in total. The lowest BCUT2D eigenvalue weighted by atomic mass is 10.1. The number of aliphatic carboxylic acids is 1. The van der Waals surface area contributed by atoms with Gasteiger partial charge in [0.05, 0.1) is 6.20 Å². The molecule has 0 amide bonds. The maximum Gasteiger partial charge on any atom is 0.328 e. The van der Waals surface area contributed by atoms with Crippen LogP contribution in [0.5, 0.6) is 11.5 Å². The van der Waals surface area contributed by atoms with Crippen LogP contribution in [0.25, 0.3) is 6.08 Å². The van der Waals surface area contributed by atoms with Crippen molar-refractivity contribution in [1.29, 1.82) is 0 Å². The number of hydrogen-bond acceptors (Lipinski definition) is 3. The summed E-state index contributed by atoms with van der Waals surface area (Å²) in [6.07, 6.45) is 5.97. The van der Waals surface area contributed by atoms with E-state index in [4.69, 9.17) is 9.84 Å². The third-order valence-electron chi connectivity index (χ3n) is 2.56. The number of aromatic nitrogens is 1. The normalized spacial score (nSPS) is 10.7. The van der Waals surface area contributed by atoms with E-state index in [0.717, 1.165) is 21.7 Å². The second kappa shape index (κ2) is 6.34. The number of carboxylic acids is 1. The minimum Gasteiger partial charge on any atom is -0.478 e. The van der Waals surface area contributed by atoms with Gasteiger partial charge in [-0.15, -0.1) is 0 Å². The summed E-state index contributed by atoms with van der Waals surface area (Å²) < 4.78 is 6.53. The molecule has 1 aromatic carbocycles. The number of nitrogens with zero attached hydrogens (tertiary/aromatic N) is 1. The van der Waals surface area contributed by atoms with Crippen LogP contribution in [0.4, 0.5) is 0 Å². The van der Waals surface area contributed by atoms with Crippen molar-refractivity contribution >= 4 is 28.0 Å². The van der Waals surface area contributed by atoms with E-state index in [0.29, 0.717) is 11.5 Å². The van der Waals surface area contributed by atoms with E-state index in [2.05, 4.69) is 20.9 Å². The zero-order valence-corrected chi connectivity index (χ0v) is 12.3. The molecular formula is C15H12BrNO3. The Hall–Kier alpha value is -2.14. The fourth-order valence-electron chi connectivity index (χ4n) is 1.64. The number of pyridine rings is 1. The van der Waals surface area contributed by atoms with E-state index in [1.807, 2.05) is 25.1 Å². The zero-order chi connectivity index (χ0) is 14.5. The summed E-state index contributed by atoms with van der Waals surface area (Å²) in [5.74, 6) is 0.340. The van der Waals surface area contributed by atoms with Gasteiger partial charge in [-0.25, -0.2) is 4.79 Å². The monoisotopic (exact) mass is 333 g/mol. The van der Waals surface area contributed by atoms with Crippen LogP contribution >= 0.6 is 15.9 Å². The fraction of sp³-hybridized carbons (Fsp3) is 0.0667. The molecule has 0 bridgehead atoms. The molecule has 0 fully saturated rings. The predicted octanol–water partition coefficient (Wildman–Crippen LogP) is 4.04. The van der Waals surface area contributed by atoms with Crippen LogP contribution in [0.15, 0.2) is 47.2 Å². The molecule has 0 atom stereocenters. The Morgan fingerprint density at radius 2 is 2.10 bits per heavy atom. The summed E-state index contributed by atoms with van der Waals surface area (Å²) >= 11 is 3.33. The van der Waals surface area contributed by atoms with E-state index in [-0.39, 0.29) is 0 Å². The molecule has 0 spiro atoms. The number of carboxylic acid groups (broad SMARTS) is 1. The average molecular weight is 334 g/mol. The van der Waals surface area contributed by atoms with E-state index in [9.17, 15) is 4.79 Å². The molecule has 0 unspecified atom stereocenters. The highest BCUT2D eigenvalue weighted by atomic mass is 79.9. The van der Waals surface area contributed by atoms with Crippen LogP contribution in [0.3, 0.4) is 0 Å². The van der Waals surface area contributed by atoms with E-state index in [1.54, 1.807) is 24.5 Å². The van der Waals surface area contributed by atoms with Gasteiger partial charge in [0.15, 0.2) is 0 Å². The van der Waals surface area contributed by atoms with Gasteiger partial charge in [0.25, 0.3) is 0 Å². The molecule has 0 saturated heterocycles. The van der Waals surface area contributed by atoms with Gasteiger partial charge in [0.2, 0.25) is 0 Å². The minimum absolute atomic E-state index is 0.632. The number of hydrogen-bond donors (Lipinski definition) is 1. The Kier molecular flexibility index (Phi) is 4.53. The molecule has 0 aliphatic heterocycles. The predicted molar refractivity (Wildman–Crippen MR) is 79.9 cm³/mol. The SMILES string of the molecule is Cc1cc(Oc2cncc(Br)c2)ccc1C=CC(=O)O. The first-order chi connectivity index (χ1) is 9.54. The molecular weight excluding hydrogens is 322 g/mol. The summed E-state index contributed by atoms with van der Waals surface area (Å²) in [6.45, 7) is 1.90. The van der Waals surface area contributed by atoms with Gasteiger partial charge in [-0.05, 0) is 58.3 Å². The molecule has 2 rings (SSSR count). The lowest BCUT2D eigenvalue weighted by molar-refractivity contribution is -0.131. The smallest absolute Gasteiger partial charge is 0.328 e. The molecule has 4 nitrogen and oxygen atoms in total. The van der Waals surface area contributed by atoms with E-state index in [1.165, 1.54) is 0 Å². The maximum absolute atomic E-state index is 10.5. The average Bonchev–Trinajstić information content (AvgIpc) is 2.37. The zero-order valence-electron chi connectivity index (χ0n) is 10.7. The Balaban J connectivity index is 2.19. The van der Waals surface area contributed by atoms with Crippen molar-refractivity contribution in [3.63, 3.8) is 0 Å². The van der Waals surface area contributed by atoms with E-state index < -0.39 is 5.97 Å². The molecule has 5 heteroatoms. The summed E-state index contributed by atoms with van der Waals surface area (Å²) in [5, 5.41) is 8.62. The highest BCUT2D eigenvalue weighted by Gasteiger charge is 2.02. The van der Waals surface area contributed by atoms with Crippen LogP contribution in [0, 0.1) is 6.92 Å². The molecule has 1 aromatic heterocycles. The Morgan fingerprint density at radius 3 is 2.75 bits per heavy atom. The fourth-order valence-corrected chi connectivity index (χ4v) is 1.99. The van der Waals surface area contributed by atoms with Gasteiger partial charge < -0.3 is 9.84 Å². The lowest BCUT2D eigenvalue weighted by Crippen LogP contribution is -1.89. The molecule has 0 saturated carbocycles. The first-order valence-electron chi connectivity index (χ1n) is 5.84. The molecule has 0 aliphatic rings. The summed E-state index contributed by atoms with van der Waals surface area (Å²) in [5.41, 5.74) is 1.77. The van der Waals surface area contributed by atoms with Crippen molar-refractivity contribution in [2.24, 2.45) is 0 Å². The highest BCUT2D eigenvalue weighted by molar-refractivity contribution is 9.10. The standard InChI is InChI=1S/C15H12BrNO3/c1-10-6-13(4-2-11(10)3-5-15(18)19)20-14-7-12(16)8-17-9-14/h2-9H,1H3,(H,18,19). The lowest BCUT2D eigenvalue weighted by Gasteiger charge is -2.08. The third kappa shape index (κ3) is 3.93. The number of aryl methyl sites for hydroxylation is 1. The van der Waals surface area contributed by atoms with Crippen molar-refractivity contribution in [2.45, 2.75) is 6.92 Å². The quantitative estimate of drug-likeness (QED) is 0.857. The van der Waals surface area contributed by atoms with Gasteiger partial charge in [-0.1, -0.05) is 6.07 Å². The summed E-state index contributed by atoms with van der Waals surface area (Å²) in [7, 11) is 0. The third-order valence-corrected chi connectivity index (χ3v) is 3.00. The van der Waals surface area contributed by atoms with Crippen LogP contribution in [0.2, 0.25) is 0 Å². The van der Waals surface area contributed by atoms with Crippen molar-refractivity contribution in [3.8, 4) is 11.5 Å². The van der Waals surface area contributed by atoms with Crippen molar-refractivity contribution in [3.05, 3.63) is 58.3 Å². The van der Waals surface area contributed by atoms with Crippen molar-refractivity contribution in [1.82, 2.24) is 4.98 Å². The molecule has 20 heavy (non-hydrogen) atoms. The summed E-state index contributed by atoms with van der Waals surface area (Å²) in [4.78, 5) is 14.5. The van der Waals surface area contributed by atoms with Crippen LogP contribution < -0.4 is 4.74 Å². The van der Waals surface area contributed by atoms with Gasteiger partial charge in [-0.2, -0.15) is 0 Å². The van der Waals surface area contributed by atoms with Gasteiger partial charge in [-0.3, -0.25) is 4.98 Å². The van der Waals surface area contributed by atoms with E-state index >= 15 is 0 Å². The van der Waals surface area contributed by atoms with Gasteiger partial charge >= 0.3 is 5.97 Å². The highest BCUT2D eigenvalue weighted by Crippen LogP contribution is 2.25. The molecule has 102 valence electrons. The largest absolute Gasteiger partial charge is 0.478 e. The number of benzene rings is 1. The number of carbonyl (C=O) groups is 1. The molecule has 2 aromatic rings. The Labute approximate surface area is 124 Å². The van der Waals surface area contributed by atoms with Crippen LogP contribution in [-0.4, -0.2) is 16.1 Å². The van der Waals surface area contributed by atoms with Crippen LogP contribution in [0.1, 0.15) is 11.1 Å². The molecule has 0 aliphatic carbocycles. The first kappa shape index (κ1) is 14.3. The second-order valence-electron chi connectivity index (χ2n) is 4.13.